The SMILES string of the molecule is Cc1ccc2[nH]cc(C3CCN(CC[C@@H]4CCCCN4C(=O)c4cccc5c4oc4ccccc45)CC3)c2c1. The van der Waals surface area contributed by atoms with Crippen LogP contribution in [0, 0.1) is 6.92 Å². The molecule has 0 radical (unpaired) electrons. The predicted octanol–water partition coefficient (Wildman–Crippen LogP) is 7.64. The number of rotatable bonds is 5. The lowest BCUT2D eigenvalue weighted by Crippen LogP contribution is -2.46. The Hall–Kier alpha value is -3.57. The van der Waals surface area contributed by atoms with E-state index in [-0.39, 0.29) is 5.91 Å². The zero-order valence-electron chi connectivity index (χ0n) is 22.8. The Balaban J connectivity index is 1.02. The highest BCUT2D eigenvalue weighted by Crippen LogP contribution is 2.35. The van der Waals surface area contributed by atoms with Crippen molar-refractivity contribution in [3.63, 3.8) is 0 Å². The van der Waals surface area contributed by atoms with Crippen LogP contribution in [0.1, 0.15) is 65.9 Å². The first-order valence-corrected chi connectivity index (χ1v) is 14.7. The molecule has 2 fully saturated rings. The Labute approximate surface area is 229 Å². The maximum absolute atomic E-state index is 13.9. The van der Waals surface area contributed by atoms with Gasteiger partial charge >= 0.3 is 0 Å². The molecule has 1 amide bonds. The number of H-pyrrole nitrogens is 1. The number of nitrogens with zero attached hydrogens (tertiary/aromatic N) is 2. The van der Waals surface area contributed by atoms with Gasteiger partial charge in [-0.1, -0.05) is 42.0 Å². The highest BCUT2D eigenvalue weighted by molar-refractivity contribution is 6.13. The second-order valence-electron chi connectivity index (χ2n) is 11.6. The summed E-state index contributed by atoms with van der Waals surface area (Å²) < 4.78 is 6.20. The highest BCUT2D eigenvalue weighted by atomic mass is 16.3. The number of hydrogen-bond donors (Lipinski definition) is 1. The van der Waals surface area contributed by atoms with Gasteiger partial charge in [0.1, 0.15) is 11.2 Å². The molecule has 1 atom stereocenters. The summed E-state index contributed by atoms with van der Waals surface area (Å²) >= 11 is 0. The number of nitrogens with one attached hydrogen (secondary N) is 1. The fourth-order valence-corrected chi connectivity index (χ4v) is 7.03. The van der Waals surface area contributed by atoms with E-state index in [1.165, 1.54) is 41.3 Å². The summed E-state index contributed by atoms with van der Waals surface area (Å²) in [5.41, 5.74) is 6.32. The lowest BCUT2D eigenvalue weighted by molar-refractivity contribution is 0.0579. The van der Waals surface area contributed by atoms with E-state index in [0.717, 1.165) is 67.4 Å². The van der Waals surface area contributed by atoms with Crippen molar-refractivity contribution in [3.8, 4) is 0 Å². The number of amides is 1. The summed E-state index contributed by atoms with van der Waals surface area (Å²) in [6.45, 7) is 6.32. The van der Waals surface area contributed by atoms with Crippen LogP contribution in [0.2, 0.25) is 0 Å². The fourth-order valence-electron chi connectivity index (χ4n) is 7.03. The van der Waals surface area contributed by atoms with Gasteiger partial charge in [-0.2, -0.15) is 0 Å². The van der Waals surface area contributed by atoms with Gasteiger partial charge in [-0.05, 0) is 94.3 Å². The minimum absolute atomic E-state index is 0.123. The van der Waals surface area contributed by atoms with Crippen molar-refractivity contribution in [2.75, 3.05) is 26.2 Å². The van der Waals surface area contributed by atoms with Crippen LogP contribution in [0.4, 0.5) is 0 Å². The molecule has 200 valence electrons. The van der Waals surface area contributed by atoms with Crippen molar-refractivity contribution in [3.05, 3.63) is 83.6 Å². The van der Waals surface area contributed by atoms with E-state index in [1.54, 1.807) is 0 Å². The molecule has 0 bridgehead atoms. The largest absolute Gasteiger partial charge is 0.455 e. The van der Waals surface area contributed by atoms with Gasteiger partial charge in [-0.15, -0.1) is 0 Å². The minimum atomic E-state index is 0.123. The van der Waals surface area contributed by atoms with Crippen LogP contribution in [-0.4, -0.2) is 52.9 Å². The van der Waals surface area contributed by atoms with Gasteiger partial charge < -0.3 is 19.2 Å². The van der Waals surface area contributed by atoms with E-state index in [1.807, 2.05) is 30.3 Å². The Kier molecular flexibility index (Phi) is 6.40. The number of aromatic amines is 1. The van der Waals surface area contributed by atoms with Crippen LogP contribution in [0.15, 0.2) is 71.3 Å². The van der Waals surface area contributed by atoms with Crippen molar-refractivity contribution >= 4 is 38.7 Å². The van der Waals surface area contributed by atoms with Crippen LogP contribution >= 0.6 is 0 Å². The Morgan fingerprint density at radius 2 is 1.77 bits per heavy atom. The van der Waals surface area contributed by atoms with Crippen molar-refractivity contribution in [2.24, 2.45) is 0 Å². The number of likely N-dealkylation sites (tertiary alicyclic amines) is 2. The molecule has 2 aliphatic heterocycles. The summed E-state index contributed by atoms with van der Waals surface area (Å²) in [6.07, 6.45) is 9.04. The molecule has 39 heavy (non-hydrogen) atoms. The molecule has 5 heteroatoms. The average molecular weight is 520 g/mol. The summed E-state index contributed by atoms with van der Waals surface area (Å²) in [6, 6.07) is 21.1. The van der Waals surface area contributed by atoms with Gasteiger partial charge in [-0.3, -0.25) is 4.79 Å². The van der Waals surface area contributed by atoms with Crippen molar-refractivity contribution in [1.29, 1.82) is 0 Å². The normalized spacial score (nSPS) is 19.4. The summed E-state index contributed by atoms with van der Waals surface area (Å²) in [5.74, 6) is 0.742. The zero-order chi connectivity index (χ0) is 26.3. The van der Waals surface area contributed by atoms with Crippen LogP contribution in [-0.2, 0) is 0 Å². The molecule has 0 unspecified atom stereocenters. The maximum atomic E-state index is 13.9. The van der Waals surface area contributed by atoms with Gasteiger partial charge in [0, 0.05) is 47.0 Å². The summed E-state index contributed by atoms with van der Waals surface area (Å²) in [7, 11) is 0. The Bertz CT molecular complexity index is 1640. The molecule has 7 rings (SSSR count). The number of hydrogen-bond acceptors (Lipinski definition) is 3. The quantitative estimate of drug-likeness (QED) is 0.260. The summed E-state index contributed by atoms with van der Waals surface area (Å²) in [4.78, 5) is 22.2. The minimum Gasteiger partial charge on any atom is -0.455 e. The lowest BCUT2D eigenvalue weighted by atomic mass is 9.88. The number of aromatic nitrogens is 1. The van der Waals surface area contributed by atoms with Gasteiger partial charge in [0.05, 0.1) is 5.56 Å². The van der Waals surface area contributed by atoms with Crippen LogP contribution in [0.25, 0.3) is 32.8 Å². The Morgan fingerprint density at radius 3 is 2.67 bits per heavy atom. The molecule has 0 aliphatic carbocycles. The van der Waals surface area contributed by atoms with Gasteiger partial charge in [0.25, 0.3) is 5.91 Å². The van der Waals surface area contributed by atoms with Gasteiger partial charge in [-0.25, -0.2) is 0 Å². The second kappa shape index (κ2) is 10.2. The Morgan fingerprint density at radius 1 is 0.923 bits per heavy atom. The molecule has 5 nitrogen and oxygen atoms in total. The highest BCUT2D eigenvalue weighted by Gasteiger charge is 2.30. The molecule has 3 aromatic carbocycles. The molecule has 5 aromatic rings. The average Bonchev–Trinajstić information content (AvgIpc) is 3.57. The van der Waals surface area contributed by atoms with Crippen LogP contribution < -0.4 is 0 Å². The van der Waals surface area contributed by atoms with E-state index in [9.17, 15) is 4.79 Å². The molecular weight excluding hydrogens is 482 g/mol. The lowest BCUT2D eigenvalue weighted by Gasteiger charge is -2.38. The molecular formula is C34H37N3O2. The topological polar surface area (TPSA) is 52.5 Å². The predicted molar refractivity (Wildman–Crippen MR) is 158 cm³/mol. The maximum Gasteiger partial charge on any atom is 0.257 e. The molecule has 2 aromatic heterocycles. The van der Waals surface area contributed by atoms with Crippen molar-refractivity contribution in [2.45, 2.75) is 57.4 Å². The number of furan rings is 1. The van der Waals surface area contributed by atoms with E-state index in [2.05, 4.69) is 58.2 Å². The third-order valence-electron chi connectivity index (χ3n) is 9.20. The third-order valence-corrected chi connectivity index (χ3v) is 9.20. The standard InChI is InChI=1S/C34H37N3O2/c1-23-12-13-31-29(21-23)30(22-35-31)24-14-18-36(19-15-24)20-16-25-7-4-5-17-37(25)34(38)28-10-6-9-27-26-8-2-3-11-32(26)39-33(27)28/h2-3,6,8-13,21-22,24-25,35H,4-5,7,14-20H2,1H3/t25-/m0/s1. The van der Waals surface area contributed by atoms with Crippen LogP contribution in [0.5, 0.6) is 0 Å². The van der Waals surface area contributed by atoms with E-state index < -0.39 is 0 Å². The van der Waals surface area contributed by atoms with Crippen molar-refractivity contribution in [1.82, 2.24) is 14.8 Å². The first-order valence-electron chi connectivity index (χ1n) is 14.7. The van der Waals surface area contributed by atoms with Crippen molar-refractivity contribution < 1.29 is 9.21 Å². The number of carbonyl (C=O) groups is 1. The van der Waals surface area contributed by atoms with Gasteiger partial charge in [0.15, 0.2) is 0 Å². The third kappa shape index (κ3) is 4.53. The molecule has 0 saturated carbocycles. The monoisotopic (exact) mass is 519 g/mol. The van der Waals surface area contributed by atoms with E-state index in [0.29, 0.717) is 17.5 Å². The molecule has 4 heterocycles. The smallest absolute Gasteiger partial charge is 0.257 e. The number of para-hydroxylation sites is 2. The van der Waals surface area contributed by atoms with Gasteiger partial charge in [0.2, 0.25) is 0 Å². The zero-order valence-corrected chi connectivity index (χ0v) is 22.8. The first-order chi connectivity index (χ1) is 19.2. The first kappa shape index (κ1) is 24.5. The molecule has 0 spiro atoms. The number of fused-ring (bicyclic) bond motifs is 4. The molecule has 2 saturated heterocycles. The number of aryl methyl sites for hydroxylation is 1. The number of piperidine rings is 2. The fraction of sp³-hybridized carbons (Fsp3) is 0.382. The number of carbonyl (C=O) groups excluding carboxylic acids is 1. The van der Waals surface area contributed by atoms with E-state index >= 15 is 0 Å². The summed E-state index contributed by atoms with van der Waals surface area (Å²) in [5, 5.41) is 3.49. The second-order valence-corrected chi connectivity index (χ2v) is 11.6. The van der Waals surface area contributed by atoms with Crippen LogP contribution in [0.3, 0.4) is 0 Å². The number of benzene rings is 3. The molecule has 1 N–H and O–H groups in total. The van der Waals surface area contributed by atoms with E-state index in [4.69, 9.17) is 4.42 Å². The molecule has 2 aliphatic rings.